The topological polar surface area (TPSA) is 126 Å². The van der Waals surface area contributed by atoms with Crippen molar-refractivity contribution in [3.8, 4) is 11.1 Å². The lowest BCUT2D eigenvalue weighted by molar-refractivity contribution is -0.128. The molecule has 1 fully saturated rings. The van der Waals surface area contributed by atoms with Gasteiger partial charge in [0.25, 0.3) is 6.43 Å². The number of aromatic nitrogens is 1. The standard InChI is InChI=1S/C31H40ClF2N7O2/c1-3-39-16-23(28(36)29(39)25(32)15-35)21-13-19-5-4-9-41(27(19)14-22(21)30(33)34)31(37)24-17-40(18(2)42)10-6-26(24)38-20-7-11-43-12-8-20/h13-16,20,30,37-38H,3-12,17,35-36H2,1-2H3/b25-15+,37-31?. The van der Waals surface area contributed by atoms with Crippen molar-refractivity contribution in [2.75, 3.05) is 43.5 Å². The molecule has 3 aliphatic heterocycles. The van der Waals surface area contributed by atoms with Crippen LogP contribution in [0.2, 0.25) is 0 Å². The van der Waals surface area contributed by atoms with E-state index < -0.39 is 6.43 Å². The van der Waals surface area contributed by atoms with Gasteiger partial charge < -0.3 is 35.9 Å². The number of carbonyl (C=O) groups excluding carboxylic acids is 1. The number of hydrogen-bond donors (Lipinski definition) is 4. The zero-order valence-electron chi connectivity index (χ0n) is 24.7. The highest BCUT2D eigenvalue weighted by atomic mass is 35.5. The van der Waals surface area contributed by atoms with E-state index >= 15 is 0 Å². The summed E-state index contributed by atoms with van der Waals surface area (Å²) < 4.78 is 36.8. The maximum atomic E-state index is 14.7. The van der Waals surface area contributed by atoms with Gasteiger partial charge in [-0.05, 0) is 55.9 Å². The first-order valence-electron chi connectivity index (χ1n) is 14.8. The van der Waals surface area contributed by atoms with Crippen LogP contribution < -0.4 is 21.7 Å². The van der Waals surface area contributed by atoms with Crippen LogP contribution in [0, 0.1) is 5.41 Å². The number of ether oxygens (including phenoxy) is 1. The van der Waals surface area contributed by atoms with Crippen LogP contribution in [0.3, 0.4) is 0 Å². The minimum Gasteiger partial charge on any atom is -0.403 e. The molecule has 0 saturated carbocycles. The second-order valence-corrected chi connectivity index (χ2v) is 11.7. The molecule has 43 heavy (non-hydrogen) atoms. The van der Waals surface area contributed by atoms with Gasteiger partial charge in [0.1, 0.15) is 5.84 Å². The molecule has 1 saturated heterocycles. The number of aryl methyl sites for hydroxylation is 2. The maximum Gasteiger partial charge on any atom is 0.264 e. The van der Waals surface area contributed by atoms with E-state index in [0.29, 0.717) is 74.7 Å². The van der Waals surface area contributed by atoms with Crippen LogP contribution in [-0.4, -0.2) is 60.1 Å². The normalized spacial score (nSPS) is 18.3. The van der Waals surface area contributed by atoms with Crippen LogP contribution in [-0.2, 0) is 22.5 Å². The van der Waals surface area contributed by atoms with Crippen LogP contribution in [0.4, 0.5) is 20.2 Å². The molecule has 0 radical (unpaired) electrons. The molecule has 4 heterocycles. The van der Waals surface area contributed by atoms with Gasteiger partial charge in [0.05, 0.1) is 23.0 Å². The highest BCUT2D eigenvalue weighted by Gasteiger charge is 2.32. The second kappa shape index (κ2) is 13.0. The van der Waals surface area contributed by atoms with Crippen molar-refractivity contribution in [3.63, 3.8) is 0 Å². The number of nitrogens with two attached hydrogens (primary N) is 2. The summed E-state index contributed by atoms with van der Waals surface area (Å²) in [4.78, 5) is 15.9. The number of nitrogens with zero attached hydrogens (tertiary/aromatic N) is 3. The van der Waals surface area contributed by atoms with Gasteiger partial charge in [-0.1, -0.05) is 11.6 Å². The van der Waals surface area contributed by atoms with E-state index in [2.05, 4.69) is 5.32 Å². The van der Waals surface area contributed by atoms with E-state index in [1.54, 1.807) is 21.7 Å². The van der Waals surface area contributed by atoms with Crippen molar-refractivity contribution in [2.45, 2.75) is 65.0 Å². The third-order valence-corrected chi connectivity index (χ3v) is 8.98. The molecule has 0 unspecified atom stereocenters. The summed E-state index contributed by atoms with van der Waals surface area (Å²) in [6.07, 6.45) is 3.96. The Morgan fingerprint density at radius 1 is 1.23 bits per heavy atom. The van der Waals surface area contributed by atoms with Crippen molar-refractivity contribution in [1.82, 2.24) is 14.8 Å². The van der Waals surface area contributed by atoms with Gasteiger partial charge >= 0.3 is 0 Å². The Morgan fingerprint density at radius 3 is 2.63 bits per heavy atom. The zero-order valence-corrected chi connectivity index (χ0v) is 25.4. The van der Waals surface area contributed by atoms with Crippen molar-refractivity contribution in [2.24, 2.45) is 5.73 Å². The molecule has 6 N–H and O–H groups in total. The number of fused-ring (bicyclic) bond motifs is 1. The number of benzene rings is 1. The third-order valence-electron chi connectivity index (χ3n) is 8.67. The predicted molar refractivity (Wildman–Crippen MR) is 167 cm³/mol. The number of nitrogens with one attached hydrogen (secondary N) is 2. The Hall–Kier alpha value is -3.57. The van der Waals surface area contributed by atoms with E-state index in [1.807, 2.05) is 11.8 Å². The van der Waals surface area contributed by atoms with Crippen molar-refractivity contribution >= 4 is 39.8 Å². The van der Waals surface area contributed by atoms with Gasteiger partial charge in [-0.2, -0.15) is 0 Å². The van der Waals surface area contributed by atoms with Crippen LogP contribution in [0.5, 0.6) is 0 Å². The van der Waals surface area contributed by atoms with Crippen molar-refractivity contribution in [1.29, 1.82) is 5.41 Å². The molecular weight excluding hydrogens is 576 g/mol. The van der Waals surface area contributed by atoms with E-state index in [0.717, 1.165) is 36.1 Å². The average molecular weight is 616 g/mol. The number of amides is 1. The number of carbonyl (C=O) groups is 1. The fourth-order valence-electron chi connectivity index (χ4n) is 6.34. The molecule has 0 atom stereocenters. The predicted octanol–water partition coefficient (Wildman–Crippen LogP) is 5.20. The molecule has 3 aliphatic rings. The highest BCUT2D eigenvalue weighted by Crippen LogP contribution is 2.44. The molecule has 12 heteroatoms. The van der Waals surface area contributed by atoms with Gasteiger partial charge in [-0.25, -0.2) is 8.78 Å². The molecule has 5 rings (SSSR count). The lowest BCUT2D eigenvalue weighted by Crippen LogP contribution is -2.46. The molecule has 1 amide bonds. The first-order valence-corrected chi connectivity index (χ1v) is 15.2. The molecule has 0 spiro atoms. The summed E-state index contributed by atoms with van der Waals surface area (Å²) in [6, 6.07) is 3.51. The molecule has 232 valence electrons. The van der Waals surface area contributed by atoms with E-state index in [1.165, 1.54) is 19.2 Å². The largest absolute Gasteiger partial charge is 0.403 e. The first kappa shape index (κ1) is 30.9. The van der Waals surface area contributed by atoms with E-state index in [9.17, 15) is 19.0 Å². The summed E-state index contributed by atoms with van der Waals surface area (Å²) in [5, 5.41) is 13.2. The fraction of sp³-hybridized carbons (Fsp3) is 0.484. The smallest absolute Gasteiger partial charge is 0.264 e. The molecular formula is C31H40ClF2N7O2. The van der Waals surface area contributed by atoms with Gasteiger partial charge in [0.15, 0.2) is 0 Å². The number of halogens is 3. The van der Waals surface area contributed by atoms with E-state index in [-0.39, 0.29) is 34.1 Å². The number of nitrogen functional groups attached to an aromatic ring is 1. The zero-order chi connectivity index (χ0) is 30.8. The van der Waals surface area contributed by atoms with Gasteiger partial charge in [-0.3, -0.25) is 10.2 Å². The Morgan fingerprint density at radius 2 is 1.98 bits per heavy atom. The lowest BCUT2D eigenvalue weighted by atomic mass is 9.91. The number of hydrogen-bond acceptors (Lipinski definition) is 6. The molecule has 0 bridgehead atoms. The number of alkyl halides is 2. The van der Waals surface area contributed by atoms with Crippen LogP contribution in [0.1, 0.15) is 62.8 Å². The number of anilines is 2. The Labute approximate surface area is 256 Å². The van der Waals surface area contributed by atoms with Crippen molar-refractivity contribution < 1.29 is 18.3 Å². The molecule has 1 aromatic heterocycles. The van der Waals surface area contributed by atoms with E-state index in [4.69, 9.17) is 27.8 Å². The minimum absolute atomic E-state index is 0.0559. The quantitative estimate of drug-likeness (QED) is 0.251. The molecule has 2 aromatic rings. The first-order chi connectivity index (χ1) is 20.6. The van der Waals surface area contributed by atoms with Crippen LogP contribution >= 0.6 is 11.6 Å². The van der Waals surface area contributed by atoms with Crippen LogP contribution in [0.25, 0.3) is 16.2 Å². The monoisotopic (exact) mass is 615 g/mol. The summed E-state index contributed by atoms with van der Waals surface area (Å²) in [5.74, 6) is 0.174. The summed E-state index contributed by atoms with van der Waals surface area (Å²) in [5.41, 5.74) is 16.7. The maximum absolute atomic E-state index is 14.7. The molecule has 9 nitrogen and oxygen atoms in total. The second-order valence-electron chi connectivity index (χ2n) is 11.3. The fourth-order valence-corrected chi connectivity index (χ4v) is 6.55. The summed E-state index contributed by atoms with van der Waals surface area (Å²) in [6.45, 7) is 6.70. The number of amidine groups is 1. The summed E-state index contributed by atoms with van der Waals surface area (Å²) in [7, 11) is 0. The van der Waals surface area contributed by atoms with Gasteiger partial charge in [0.2, 0.25) is 5.91 Å². The van der Waals surface area contributed by atoms with Gasteiger partial charge in [0, 0.05) is 92.7 Å². The average Bonchev–Trinajstić information content (AvgIpc) is 3.35. The molecule has 0 aliphatic carbocycles. The number of rotatable bonds is 7. The Kier molecular flexibility index (Phi) is 9.31. The Bertz CT molecular complexity index is 1460. The Balaban J connectivity index is 1.56. The lowest BCUT2D eigenvalue weighted by Gasteiger charge is -2.38. The molecule has 1 aromatic carbocycles. The van der Waals surface area contributed by atoms with Crippen molar-refractivity contribution in [3.05, 3.63) is 52.6 Å². The third kappa shape index (κ3) is 6.10. The minimum atomic E-state index is -2.78. The SMILES string of the molecule is CCn1cc(-c2cc3c(cc2C(F)F)N(C(=N)C2=C(NC4CCOCC4)CCN(C(C)=O)C2)CCC3)c(N)c1/C(Cl)=C\N. The van der Waals surface area contributed by atoms with Gasteiger partial charge in [-0.15, -0.1) is 0 Å². The van der Waals surface area contributed by atoms with Crippen LogP contribution in [0.15, 0.2) is 35.8 Å². The summed E-state index contributed by atoms with van der Waals surface area (Å²) >= 11 is 6.35. The highest BCUT2D eigenvalue weighted by molar-refractivity contribution is 6.49.